The molecule has 1 aliphatic rings. The van der Waals surface area contributed by atoms with Crippen molar-refractivity contribution in [1.29, 1.82) is 0 Å². The molecule has 0 fully saturated rings. The summed E-state index contributed by atoms with van der Waals surface area (Å²) in [7, 11) is 0. The zero-order valence-electron chi connectivity index (χ0n) is 18.5. The summed E-state index contributed by atoms with van der Waals surface area (Å²) in [4.78, 5) is 31.3. The molecule has 10 heteroatoms. The molecule has 0 atom stereocenters. The van der Waals surface area contributed by atoms with Gasteiger partial charge in [0.05, 0.1) is 11.1 Å². The number of nitrogens with zero attached hydrogens (tertiary/aromatic N) is 4. The Bertz CT molecular complexity index is 1360. The maximum Gasteiger partial charge on any atom is 0.234 e. The molecule has 1 aliphatic carbocycles. The van der Waals surface area contributed by atoms with Gasteiger partial charge in [-0.3, -0.25) is 14.0 Å². The van der Waals surface area contributed by atoms with E-state index in [0.29, 0.717) is 23.0 Å². The molecule has 2 N–H and O–H groups in total. The first-order valence-electron chi connectivity index (χ1n) is 11.0. The molecule has 0 bridgehead atoms. The number of benzene rings is 1. The lowest BCUT2D eigenvalue weighted by Crippen LogP contribution is -2.14. The number of nitrogens with one attached hydrogen (secondary N) is 2. The van der Waals surface area contributed by atoms with Gasteiger partial charge < -0.3 is 10.6 Å². The minimum atomic E-state index is -0.137. The molecule has 4 aromatic rings. The molecule has 0 aliphatic heterocycles. The zero-order chi connectivity index (χ0) is 22.9. The van der Waals surface area contributed by atoms with Gasteiger partial charge in [0.2, 0.25) is 11.8 Å². The van der Waals surface area contributed by atoms with Gasteiger partial charge in [0.1, 0.15) is 10.7 Å². The van der Waals surface area contributed by atoms with Crippen LogP contribution in [0.15, 0.2) is 29.4 Å². The molecular weight excluding hydrogens is 456 g/mol. The Hall–Kier alpha value is -2.98. The van der Waals surface area contributed by atoms with Gasteiger partial charge in [0.25, 0.3) is 0 Å². The monoisotopic (exact) mass is 480 g/mol. The molecule has 0 unspecified atom stereocenters. The maximum atomic E-state index is 12.5. The summed E-state index contributed by atoms with van der Waals surface area (Å²) < 4.78 is 1.97. The van der Waals surface area contributed by atoms with Crippen LogP contribution in [0, 0.1) is 6.92 Å². The molecular formula is C23H24N6O2S2. The Morgan fingerprint density at radius 3 is 2.48 bits per heavy atom. The lowest BCUT2D eigenvalue weighted by Gasteiger charge is -2.10. The number of fused-ring (bicyclic) bond motifs is 5. The first-order chi connectivity index (χ1) is 16.0. The SMILES string of the molecule is CCC(=O)Nc1ccc(NC(=O)CSc2nnc3c4c5c(sc4nc(C)n23)CCCC5)cc1. The summed E-state index contributed by atoms with van der Waals surface area (Å²) in [6.07, 6.45) is 5.02. The summed E-state index contributed by atoms with van der Waals surface area (Å²) in [6, 6.07) is 7.07. The highest BCUT2D eigenvalue weighted by atomic mass is 32.2. The molecule has 0 radical (unpaired) electrons. The van der Waals surface area contributed by atoms with Crippen molar-refractivity contribution in [2.24, 2.45) is 0 Å². The van der Waals surface area contributed by atoms with Crippen LogP contribution < -0.4 is 10.6 Å². The first-order valence-corrected chi connectivity index (χ1v) is 12.8. The van der Waals surface area contributed by atoms with Crippen LogP contribution in [0.2, 0.25) is 0 Å². The fourth-order valence-electron chi connectivity index (χ4n) is 4.09. The number of hydrogen-bond acceptors (Lipinski definition) is 7. The normalized spacial score (nSPS) is 13.3. The standard InChI is InChI=1S/C23H24N6O2S2/c1-3-18(30)25-14-8-10-15(11-9-14)26-19(31)12-32-23-28-27-21-20-16-6-4-5-7-17(16)33-22(20)24-13(2)29(21)23/h8-11H,3-7,12H2,1-2H3,(H,25,30)(H,26,31). The highest BCUT2D eigenvalue weighted by Gasteiger charge is 2.22. The van der Waals surface area contributed by atoms with Gasteiger partial charge in [-0.25, -0.2) is 4.98 Å². The second-order valence-corrected chi connectivity index (χ2v) is 10.0. The number of rotatable bonds is 6. The third-order valence-corrected chi connectivity index (χ3v) is 7.82. The molecule has 33 heavy (non-hydrogen) atoms. The van der Waals surface area contributed by atoms with E-state index in [-0.39, 0.29) is 17.6 Å². The summed E-state index contributed by atoms with van der Waals surface area (Å²) in [5.41, 5.74) is 3.59. The van der Waals surface area contributed by atoms with E-state index in [4.69, 9.17) is 4.98 Å². The Kier molecular flexibility index (Phi) is 6.03. The van der Waals surface area contributed by atoms with Crippen molar-refractivity contribution in [2.75, 3.05) is 16.4 Å². The van der Waals surface area contributed by atoms with Crippen molar-refractivity contribution < 1.29 is 9.59 Å². The Balaban J connectivity index is 1.30. The minimum absolute atomic E-state index is 0.0475. The van der Waals surface area contributed by atoms with Crippen molar-refractivity contribution >= 4 is 62.2 Å². The summed E-state index contributed by atoms with van der Waals surface area (Å²) in [5.74, 6) is 0.845. The van der Waals surface area contributed by atoms with Gasteiger partial charge in [0.15, 0.2) is 10.8 Å². The first kappa shape index (κ1) is 21.8. The van der Waals surface area contributed by atoms with Crippen molar-refractivity contribution in [1.82, 2.24) is 19.6 Å². The van der Waals surface area contributed by atoms with Gasteiger partial charge in [-0.2, -0.15) is 0 Å². The number of hydrogen-bond donors (Lipinski definition) is 2. The molecule has 0 spiro atoms. The Labute approximate surface area is 199 Å². The average Bonchev–Trinajstić information content (AvgIpc) is 3.40. The van der Waals surface area contributed by atoms with E-state index in [1.807, 2.05) is 11.3 Å². The third-order valence-electron chi connectivity index (χ3n) is 5.70. The number of amides is 2. The fraction of sp³-hybridized carbons (Fsp3) is 0.348. The lowest BCUT2D eigenvalue weighted by molar-refractivity contribution is -0.116. The molecule has 5 rings (SSSR count). The summed E-state index contributed by atoms with van der Waals surface area (Å²) in [5, 5.41) is 16.3. The smallest absolute Gasteiger partial charge is 0.234 e. The molecule has 170 valence electrons. The van der Waals surface area contributed by atoms with E-state index < -0.39 is 0 Å². The van der Waals surface area contributed by atoms with Crippen LogP contribution in [0.3, 0.4) is 0 Å². The highest BCUT2D eigenvalue weighted by Crippen LogP contribution is 2.38. The molecule has 1 aromatic carbocycles. The number of carbonyl (C=O) groups excluding carboxylic acids is 2. The average molecular weight is 481 g/mol. The maximum absolute atomic E-state index is 12.5. The highest BCUT2D eigenvalue weighted by molar-refractivity contribution is 7.99. The van der Waals surface area contributed by atoms with E-state index in [1.54, 1.807) is 42.5 Å². The minimum Gasteiger partial charge on any atom is -0.326 e. The number of thioether (sulfide) groups is 1. The van der Waals surface area contributed by atoms with Crippen molar-refractivity contribution in [2.45, 2.75) is 51.1 Å². The summed E-state index contributed by atoms with van der Waals surface area (Å²) in [6.45, 7) is 3.76. The van der Waals surface area contributed by atoms with Crippen LogP contribution >= 0.6 is 23.1 Å². The second kappa shape index (κ2) is 9.11. The van der Waals surface area contributed by atoms with E-state index in [1.165, 1.54) is 35.0 Å². The lowest BCUT2D eigenvalue weighted by atomic mass is 9.97. The van der Waals surface area contributed by atoms with E-state index >= 15 is 0 Å². The van der Waals surface area contributed by atoms with Crippen molar-refractivity contribution in [3.63, 3.8) is 0 Å². The topological polar surface area (TPSA) is 101 Å². The quantitative estimate of drug-likeness (QED) is 0.391. The number of aryl methyl sites for hydroxylation is 3. The van der Waals surface area contributed by atoms with Gasteiger partial charge in [0, 0.05) is 22.7 Å². The molecule has 3 heterocycles. The van der Waals surface area contributed by atoms with Crippen LogP contribution in [0.25, 0.3) is 15.9 Å². The third kappa shape index (κ3) is 4.32. The van der Waals surface area contributed by atoms with Crippen LogP contribution in [-0.2, 0) is 22.4 Å². The number of carbonyl (C=O) groups is 2. The van der Waals surface area contributed by atoms with Crippen molar-refractivity contribution in [3.8, 4) is 0 Å². The van der Waals surface area contributed by atoms with Crippen molar-refractivity contribution in [3.05, 3.63) is 40.5 Å². The van der Waals surface area contributed by atoms with E-state index in [2.05, 4.69) is 20.8 Å². The van der Waals surface area contributed by atoms with Gasteiger partial charge in [-0.05, 0) is 62.4 Å². The number of anilines is 2. The molecule has 2 amide bonds. The zero-order valence-corrected chi connectivity index (χ0v) is 20.1. The Morgan fingerprint density at radius 2 is 1.76 bits per heavy atom. The van der Waals surface area contributed by atoms with E-state index in [0.717, 1.165) is 34.5 Å². The van der Waals surface area contributed by atoms with Crippen LogP contribution in [0.1, 0.15) is 42.5 Å². The largest absolute Gasteiger partial charge is 0.326 e. The van der Waals surface area contributed by atoms with Gasteiger partial charge >= 0.3 is 0 Å². The predicted molar refractivity (Wildman–Crippen MR) is 132 cm³/mol. The van der Waals surface area contributed by atoms with Gasteiger partial charge in [-0.1, -0.05) is 18.7 Å². The van der Waals surface area contributed by atoms with E-state index in [9.17, 15) is 9.59 Å². The molecule has 3 aromatic heterocycles. The number of aromatic nitrogens is 4. The van der Waals surface area contributed by atoms with Crippen LogP contribution in [0.4, 0.5) is 11.4 Å². The molecule has 0 saturated heterocycles. The van der Waals surface area contributed by atoms with Crippen LogP contribution in [0.5, 0.6) is 0 Å². The predicted octanol–water partition coefficient (Wildman–Crippen LogP) is 4.61. The number of thiophene rings is 1. The summed E-state index contributed by atoms with van der Waals surface area (Å²) >= 11 is 3.12. The second-order valence-electron chi connectivity index (χ2n) is 8.01. The van der Waals surface area contributed by atoms with Gasteiger partial charge in [-0.15, -0.1) is 21.5 Å². The molecule has 0 saturated carbocycles. The Morgan fingerprint density at radius 1 is 1.06 bits per heavy atom. The fourth-order valence-corrected chi connectivity index (χ4v) is 6.17. The molecule has 8 nitrogen and oxygen atoms in total. The van der Waals surface area contributed by atoms with Crippen LogP contribution in [-0.4, -0.2) is 37.1 Å².